The van der Waals surface area contributed by atoms with Gasteiger partial charge in [0.25, 0.3) is 0 Å². The van der Waals surface area contributed by atoms with Crippen molar-refractivity contribution >= 4 is 11.9 Å². The van der Waals surface area contributed by atoms with Crippen molar-refractivity contribution in [1.82, 2.24) is 0 Å². The molecular weight excluding hydrogens is 188 g/mol. The molecule has 5 heteroatoms. The third-order valence-corrected chi connectivity index (χ3v) is 1.48. The van der Waals surface area contributed by atoms with Gasteiger partial charge in [-0.15, -0.1) is 0 Å². The quantitative estimate of drug-likeness (QED) is 0.483. The predicted octanol–water partition coefficient (Wildman–Crippen LogP) is 0.643. The molecular formula is C9H14O5. The van der Waals surface area contributed by atoms with Crippen molar-refractivity contribution in [2.24, 2.45) is 0 Å². The number of ether oxygens (including phenoxy) is 3. The molecule has 0 heterocycles. The lowest BCUT2D eigenvalue weighted by Crippen LogP contribution is -2.07. The molecule has 0 atom stereocenters. The number of hydrogen-bond donors (Lipinski definition) is 0. The van der Waals surface area contributed by atoms with Gasteiger partial charge in [0.1, 0.15) is 0 Å². The molecule has 0 fully saturated rings. The maximum absolute atomic E-state index is 10.9. The van der Waals surface area contributed by atoms with Gasteiger partial charge in [0.2, 0.25) is 0 Å². The molecule has 0 aromatic rings. The van der Waals surface area contributed by atoms with E-state index in [0.29, 0.717) is 5.57 Å². The van der Waals surface area contributed by atoms with Crippen molar-refractivity contribution in [3.05, 3.63) is 11.8 Å². The molecule has 0 radical (unpaired) electrons. The summed E-state index contributed by atoms with van der Waals surface area (Å²) in [6.07, 6.45) is 1.40. The molecule has 0 spiro atoms. The molecule has 0 rings (SSSR count). The summed E-state index contributed by atoms with van der Waals surface area (Å²) in [6.45, 7) is 0. The van der Waals surface area contributed by atoms with Crippen LogP contribution in [0.4, 0.5) is 0 Å². The summed E-state index contributed by atoms with van der Waals surface area (Å²) in [7, 11) is 4.00. The van der Waals surface area contributed by atoms with Crippen LogP contribution in [0.25, 0.3) is 0 Å². The van der Waals surface area contributed by atoms with Crippen LogP contribution < -0.4 is 0 Å². The van der Waals surface area contributed by atoms with Crippen molar-refractivity contribution in [2.75, 3.05) is 21.3 Å². The zero-order valence-corrected chi connectivity index (χ0v) is 8.53. The fourth-order valence-corrected chi connectivity index (χ4v) is 0.828. The Balaban J connectivity index is 4.23. The van der Waals surface area contributed by atoms with Crippen LogP contribution in [0.5, 0.6) is 0 Å². The summed E-state index contributed by atoms with van der Waals surface area (Å²) in [4.78, 5) is 21.8. The van der Waals surface area contributed by atoms with Crippen molar-refractivity contribution in [1.29, 1.82) is 0 Å². The first kappa shape index (κ1) is 12.5. The summed E-state index contributed by atoms with van der Waals surface area (Å²) in [6, 6.07) is 0. The molecule has 0 N–H and O–H groups in total. The highest BCUT2D eigenvalue weighted by Gasteiger charge is 2.11. The van der Waals surface area contributed by atoms with Gasteiger partial charge in [0.15, 0.2) is 0 Å². The lowest BCUT2D eigenvalue weighted by atomic mass is 10.1. The molecule has 0 amide bonds. The third-order valence-electron chi connectivity index (χ3n) is 1.48. The van der Waals surface area contributed by atoms with E-state index in [1.165, 1.54) is 27.6 Å². The molecule has 0 saturated carbocycles. The summed E-state index contributed by atoms with van der Waals surface area (Å²) >= 11 is 0. The van der Waals surface area contributed by atoms with E-state index in [2.05, 4.69) is 9.47 Å². The highest BCUT2D eigenvalue weighted by atomic mass is 16.5. The minimum atomic E-state index is -0.419. The van der Waals surface area contributed by atoms with Gasteiger partial charge in [-0.25, -0.2) is 0 Å². The Bertz CT molecular complexity index is 211. The third kappa shape index (κ3) is 5.18. The number of carbonyl (C=O) groups is 2. The van der Waals surface area contributed by atoms with Gasteiger partial charge in [-0.1, -0.05) is 0 Å². The molecule has 0 aliphatic rings. The molecule has 0 bridgehead atoms. The van der Waals surface area contributed by atoms with E-state index in [9.17, 15) is 9.59 Å². The lowest BCUT2D eigenvalue weighted by molar-refractivity contribution is -0.140. The maximum atomic E-state index is 10.9. The molecule has 0 aromatic heterocycles. The van der Waals surface area contributed by atoms with Crippen molar-refractivity contribution < 1.29 is 23.8 Å². The van der Waals surface area contributed by atoms with Crippen molar-refractivity contribution in [3.63, 3.8) is 0 Å². The van der Waals surface area contributed by atoms with Crippen molar-refractivity contribution in [2.45, 2.75) is 12.8 Å². The topological polar surface area (TPSA) is 61.8 Å². The SMILES string of the molecule is COC=C(CC(=O)OC)CC(=O)OC. The van der Waals surface area contributed by atoms with Crippen molar-refractivity contribution in [3.8, 4) is 0 Å². The molecule has 5 nitrogen and oxygen atoms in total. The Morgan fingerprint density at radius 3 is 1.71 bits per heavy atom. The van der Waals surface area contributed by atoms with Gasteiger partial charge in [0, 0.05) is 0 Å². The average Bonchev–Trinajstić information content (AvgIpc) is 2.17. The van der Waals surface area contributed by atoms with Crippen LogP contribution in [0.15, 0.2) is 11.8 Å². The largest absolute Gasteiger partial charge is 0.504 e. The normalized spacial score (nSPS) is 8.79. The summed E-state index contributed by atoms with van der Waals surface area (Å²) in [5, 5.41) is 0. The predicted molar refractivity (Wildman–Crippen MR) is 48.4 cm³/mol. The Labute approximate surface area is 82.6 Å². The van der Waals surface area contributed by atoms with Gasteiger partial charge < -0.3 is 14.2 Å². The average molecular weight is 202 g/mol. The van der Waals surface area contributed by atoms with Crippen LogP contribution in [0.3, 0.4) is 0 Å². The van der Waals surface area contributed by atoms with E-state index in [1.54, 1.807) is 0 Å². The first-order valence-electron chi connectivity index (χ1n) is 3.98. The monoisotopic (exact) mass is 202 g/mol. The van der Waals surface area contributed by atoms with Crippen LogP contribution in [0.2, 0.25) is 0 Å². The molecule has 0 aliphatic heterocycles. The van der Waals surface area contributed by atoms with E-state index in [4.69, 9.17) is 4.74 Å². The highest BCUT2D eigenvalue weighted by molar-refractivity contribution is 5.77. The number of esters is 2. The van der Waals surface area contributed by atoms with Gasteiger partial charge in [0.05, 0.1) is 40.4 Å². The second kappa shape index (κ2) is 6.94. The summed E-state index contributed by atoms with van der Waals surface area (Å²) in [5.74, 6) is -0.839. The van der Waals surface area contributed by atoms with Gasteiger partial charge in [-0.2, -0.15) is 0 Å². The Kier molecular flexibility index (Phi) is 6.19. The maximum Gasteiger partial charge on any atom is 0.309 e. The van der Waals surface area contributed by atoms with Gasteiger partial charge in [-0.3, -0.25) is 9.59 Å². The zero-order valence-electron chi connectivity index (χ0n) is 8.53. The van der Waals surface area contributed by atoms with E-state index in [0.717, 1.165) is 0 Å². The van der Waals surface area contributed by atoms with Crippen LogP contribution in [-0.4, -0.2) is 33.3 Å². The standard InChI is InChI=1S/C9H14O5/c1-12-6-7(4-8(10)13-2)5-9(11)14-3/h6H,4-5H2,1-3H3. The van der Waals surface area contributed by atoms with Gasteiger partial charge >= 0.3 is 11.9 Å². The van der Waals surface area contributed by atoms with Crippen LogP contribution in [0.1, 0.15) is 12.8 Å². The van der Waals surface area contributed by atoms with Crippen LogP contribution >= 0.6 is 0 Å². The second-order valence-corrected chi connectivity index (χ2v) is 2.52. The minimum absolute atomic E-state index is 0.0272. The second-order valence-electron chi connectivity index (χ2n) is 2.52. The van der Waals surface area contributed by atoms with E-state index in [1.807, 2.05) is 0 Å². The number of hydrogen-bond acceptors (Lipinski definition) is 5. The molecule has 80 valence electrons. The van der Waals surface area contributed by atoms with Crippen LogP contribution in [0, 0.1) is 0 Å². The van der Waals surface area contributed by atoms with E-state index >= 15 is 0 Å². The Morgan fingerprint density at radius 2 is 1.43 bits per heavy atom. The Hall–Kier alpha value is -1.52. The first-order chi connectivity index (χ1) is 6.63. The first-order valence-corrected chi connectivity index (χ1v) is 3.98. The number of rotatable bonds is 5. The fraction of sp³-hybridized carbons (Fsp3) is 0.556. The molecule has 14 heavy (non-hydrogen) atoms. The molecule has 0 unspecified atom stereocenters. The highest BCUT2D eigenvalue weighted by Crippen LogP contribution is 2.09. The van der Waals surface area contributed by atoms with Crippen LogP contribution in [-0.2, 0) is 23.8 Å². The smallest absolute Gasteiger partial charge is 0.309 e. The minimum Gasteiger partial charge on any atom is -0.504 e. The lowest BCUT2D eigenvalue weighted by Gasteiger charge is -2.04. The number of carbonyl (C=O) groups excluding carboxylic acids is 2. The Morgan fingerprint density at radius 1 is 1.00 bits per heavy atom. The molecule has 0 aromatic carbocycles. The zero-order chi connectivity index (χ0) is 11.0. The number of methoxy groups -OCH3 is 3. The molecule has 0 saturated heterocycles. The molecule has 0 aliphatic carbocycles. The van der Waals surface area contributed by atoms with E-state index < -0.39 is 11.9 Å². The van der Waals surface area contributed by atoms with E-state index in [-0.39, 0.29) is 12.8 Å². The van der Waals surface area contributed by atoms with Gasteiger partial charge in [-0.05, 0) is 5.57 Å². The fourth-order valence-electron chi connectivity index (χ4n) is 0.828. The summed E-state index contributed by atoms with van der Waals surface area (Å²) in [5.41, 5.74) is 0.520. The summed E-state index contributed by atoms with van der Waals surface area (Å²) < 4.78 is 13.6.